The Kier molecular flexibility index (Phi) is 4.20. The molecule has 0 unspecified atom stereocenters. The van der Waals surface area contributed by atoms with Gasteiger partial charge in [-0.2, -0.15) is 0 Å². The Morgan fingerprint density at radius 2 is 1.76 bits per heavy atom. The van der Waals surface area contributed by atoms with Crippen LogP contribution < -0.4 is 14.2 Å². The van der Waals surface area contributed by atoms with Crippen molar-refractivity contribution in [1.82, 2.24) is 0 Å². The van der Waals surface area contributed by atoms with Crippen LogP contribution in [0.25, 0.3) is 0 Å². The molecule has 0 saturated heterocycles. The molecule has 1 N–H and O–H groups in total. The van der Waals surface area contributed by atoms with Gasteiger partial charge in [0.25, 0.3) is 0 Å². The number of carboxylic acids is 1. The van der Waals surface area contributed by atoms with Gasteiger partial charge in [-0.1, -0.05) is 6.92 Å². The molecule has 0 aliphatic rings. The van der Waals surface area contributed by atoms with Crippen molar-refractivity contribution in [2.45, 2.75) is 13.3 Å². The quantitative estimate of drug-likeness (QED) is 0.852. The molecule has 5 heteroatoms. The van der Waals surface area contributed by atoms with Crippen LogP contribution in [0.3, 0.4) is 0 Å². The van der Waals surface area contributed by atoms with Gasteiger partial charge in [0.05, 0.1) is 21.3 Å². The predicted molar refractivity (Wildman–Crippen MR) is 62.4 cm³/mol. The molecule has 0 radical (unpaired) electrons. The van der Waals surface area contributed by atoms with Gasteiger partial charge in [0.15, 0.2) is 0 Å². The molecule has 17 heavy (non-hydrogen) atoms. The average Bonchev–Trinajstić information content (AvgIpc) is 2.35. The monoisotopic (exact) mass is 240 g/mol. The predicted octanol–water partition coefficient (Wildman–Crippen LogP) is 1.97. The molecule has 0 bridgehead atoms. The molecule has 94 valence electrons. The van der Waals surface area contributed by atoms with E-state index in [-0.39, 0.29) is 17.1 Å². The minimum atomic E-state index is -1.09. The van der Waals surface area contributed by atoms with Gasteiger partial charge >= 0.3 is 5.97 Å². The molecule has 0 fully saturated rings. The van der Waals surface area contributed by atoms with Crippen LogP contribution in [-0.4, -0.2) is 32.4 Å². The topological polar surface area (TPSA) is 65.0 Å². The van der Waals surface area contributed by atoms with E-state index in [1.165, 1.54) is 21.3 Å². The Labute approximate surface area is 99.9 Å². The summed E-state index contributed by atoms with van der Waals surface area (Å²) < 4.78 is 15.4. The van der Waals surface area contributed by atoms with Crippen molar-refractivity contribution in [3.05, 3.63) is 17.2 Å². The maximum atomic E-state index is 11.2. The number of benzene rings is 1. The van der Waals surface area contributed by atoms with Gasteiger partial charge in [0.2, 0.25) is 0 Å². The van der Waals surface area contributed by atoms with E-state index < -0.39 is 5.97 Å². The van der Waals surface area contributed by atoms with Crippen LogP contribution in [0.1, 0.15) is 22.8 Å². The third kappa shape index (κ3) is 2.27. The van der Waals surface area contributed by atoms with Crippen LogP contribution in [-0.2, 0) is 6.42 Å². The lowest BCUT2D eigenvalue weighted by atomic mass is 10.0. The van der Waals surface area contributed by atoms with Crippen LogP contribution in [0.15, 0.2) is 6.07 Å². The van der Waals surface area contributed by atoms with Gasteiger partial charge < -0.3 is 19.3 Å². The SMILES string of the molecule is CCc1c(OC)cc(OC)c(C(=O)O)c1OC. The van der Waals surface area contributed by atoms with Crippen LogP contribution in [0.2, 0.25) is 0 Å². The van der Waals surface area contributed by atoms with Gasteiger partial charge in [0, 0.05) is 11.6 Å². The van der Waals surface area contributed by atoms with E-state index in [2.05, 4.69) is 0 Å². The summed E-state index contributed by atoms with van der Waals surface area (Å²) in [5.41, 5.74) is 0.737. The first kappa shape index (κ1) is 13.2. The van der Waals surface area contributed by atoms with Crippen LogP contribution in [0, 0.1) is 0 Å². The van der Waals surface area contributed by atoms with E-state index in [0.717, 1.165) is 0 Å². The highest BCUT2D eigenvalue weighted by atomic mass is 16.5. The van der Waals surface area contributed by atoms with Crippen molar-refractivity contribution in [3.8, 4) is 17.2 Å². The molecule has 1 aromatic carbocycles. The number of methoxy groups -OCH3 is 3. The molecule has 0 amide bonds. The number of carboxylic acid groups (broad SMARTS) is 1. The first-order valence-corrected chi connectivity index (χ1v) is 5.15. The first-order valence-electron chi connectivity index (χ1n) is 5.15. The van der Waals surface area contributed by atoms with Crippen LogP contribution >= 0.6 is 0 Å². The third-order valence-corrected chi connectivity index (χ3v) is 2.52. The summed E-state index contributed by atoms with van der Waals surface area (Å²) in [4.78, 5) is 11.2. The van der Waals surface area contributed by atoms with E-state index >= 15 is 0 Å². The largest absolute Gasteiger partial charge is 0.496 e. The Hall–Kier alpha value is -1.91. The zero-order valence-corrected chi connectivity index (χ0v) is 10.4. The van der Waals surface area contributed by atoms with Crippen molar-refractivity contribution in [1.29, 1.82) is 0 Å². The van der Waals surface area contributed by atoms with Gasteiger partial charge in [-0.05, 0) is 6.42 Å². The zero-order chi connectivity index (χ0) is 13.0. The molecule has 1 rings (SSSR count). The van der Waals surface area contributed by atoms with E-state index in [4.69, 9.17) is 14.2 Å². The number of hydrogen-bond acceptors (Lipinski definition) is 4. The maximum absolute atomic E-state index is 11.2. The van der Waals surface area contributed by atoms with E-state index in [1.54, 1.807) is 6.07 Å². The molecule has 0 heterocycles. The lowest BCUT2D eigenvalue weighted by Crippen LogP contribution is -2.07. The Morgan fingerprint density at radius 3 is 2.12 bits per heavy atom. The zero-order valence-electron chi connectivity index (χ0n) is 10.4. The van der Waals surface area contributed by atoms with Crippen molar-refractivity contribution in [2.75, 3.05) is 21.3 Å². The average molecular weight is 240 g/mol. The van der Waals surface area contributed by atoms with E-state index in [9.17, 15) is 9.90 Å². The summed E-state index contributed by atoms with van der Waals surface area (Å²) in [5, 5.41) is 9.19. The minimum absolute atomic E-state index is 0.0210. The Morgan fingerprint density at radius 1 is 1.18 bits per heavy atom. The molecule has 0 aromatic heterocycles. The molecule has 0 spiro atoms. The number of aromatic carboxylic acids is 1. The third-order valence-electron chi connectivity index (χ3n) is 2.52. The molecule has 0 aliphatic heterocycles. The summed E-state index contributed by atoms with van der Waals surface area (Å²) in [6.45, 7) is 1.90. The van der Waals surface area contributed by atoms with E-state index in [0.29, 0.717) is 17.7 Å². The number of rotatable bonds is 5. The molecular formula is C12H16O5. The van der Waals surface area contributed by atoms with Crippen molar-refractivity contribution in [3.63, 3.8) is 0 Å². The van der Waals surface area contributed by atoms with Crippen LogP contribution in [0.4, 0.5) is 0 Å². The Bertz CT molecular complexity index is 425. The molecule has 1 aromatic rings. The van der Waals surface area contributed by atoms with E-state index in [1.807, 2.05) is 6.92 Å². The standard InChI is InChI=1S/C12H16O5/c1-5-7-8(15-2)6-9(16-3)10(12(13)14)11(7)17-4/h6H,5H2,1-4H3,(H,13,14). The highest BCUT2D eigenvalue weighted by molar-refractivity contribution is 5.95. The molecule has 0 atom stereocenters. The minimum Gasteiger partial charge on any atom is -0.496 e. The smallest absolute Gasteiger partial charge is 0.343 e. The van der Waals surface area contributed by atoms with Gasteiger partial charge in [-0.3, -0.25) is 0 Å². The molecule has 0 aliphatic carbocycles. The van der Waals surface area contributed by atoms with Crippen molar-refractivity contribution in [2.24, 2.45) is 0 Å². The number of hydrogen-bond donors (Lipinski definition) is 1. The summed E-state index contributed by atoms with van der Waals surface area (Å²) in [7, 11) is 4.36. The van der Waals surface area contributed by atoms with Crippen molar-refractivity contribution >= 4 is 5.97 Å². The molecular weight excluding hydrogens is 224 g/mol. The Balaban J connectivity index is 3.61. The fourth-order valence-corrected chi connectivity index (χ4v) is 1.76. The lowest BCUT2D eigenvalue weighted by molar-refractivity contribution is 0.0689. The van der Waals surface area contributed by atoms with Crippen molar-refractivity contribution < 1.29 is 24.1 Å². The lowest BCUT2D eigenvalue weighted by Gasteiger charge is -2.17. The summed E-state index contributed by atoms with van der Waals surface area (Å²) in [6, 6.07) is 1.56. The second-order valence-corrected chi connectivity index (χ2v) is 3.33. The number of ether oxygens (including phenoxy) is 3. The van der Waals surface area contributed by atoms with Gasteiger partial charge in [-0.15, -0.1) is 0 Å². The molecule has 5 nitrogen and oxygen atoms in total. The highest BCUT2D eigenvalue weighted by Crippen LogP contribution is 2.39. The second kappa shape index (κ2) is 5.43. The molecule has 0 saturated carbocycles. The second-order valence-electron chi connectivity index (χ2n) is 3.33. The van der Waals surface area contributed by atoms with Crippen LogP contribution in [0.5, 0.6) is 17.2 Å². The fourth-order valence-electron chi connectivity index (χ4n) is 1.76. The van der Waals surface area contributed by atoms with Gasteiger partial charge in [-0.25, -0.2) is 4.79 Å². The highest BCUT2D eigenvalue weighted by Gasteiger charge is 2.23. The summed E-state index contributed by atoms with van der Waals surface area (Å²) in [5.74, 6) is -0.0122. The first-order chi connectivity index (χ1) is 8.10. The number of carbonyl (C=O) groups is 1. The van der Waals surface area contributed by atoms with Gasteiger partial charge in [0.1, 0.15) is 22.8 Å². The maximum Gasteiger partial charge on any atom is 0.343 e. The fraction of sp³-hybridized carbons (Fsp3) is 0.417. The summed E-state index contributed by atoms with van der Waals surface area (Å²) >= 11 is 0. The summed E-state index contributed by atoms with van der Waals surface area (Å²) in [6.07, 6.45) is 0.608. The normalized spacial score (nSPS) is 9.88.